The standard InChI is InChI=1S/C40H51N5O8S/c1-25-10-11-28(34(39(7,8)37(47)50-9)31-16-19-45-27(3)42-43-35(45)26(31)2)22-29(25)23-44-24-40(17-20-51-21-18-40)53-36-32(54(44,48)49)14-12-30(41-36)13-15-33(46)52-38(4,5)6/h10-12,14,16,19,22,34H,13,15,17-18,20-21,23-24H2,1-9H3/t34-/m1/s1. The number of carbonyl (C=O) groups is 2. The minimum Gasteiger partial charge on any atom is -0.469 e. The first kappa shape index (κ1) is 39.3. The molecule has 0 unspecified atom stereocenters. The van der Waals surface area contributed by atoms with Crippen LogP contribution in [0, 0.1) is 26.2 Å². The lowest BCUT2D eigenvalue weighted by molar-refractivity contribution is -0.155. The third-order valence-corrected chi connectivity index (χ3v) is 12.3. The monoisotopic (exact) mass is 761 g/mol. The van der Waals surface area contributed by atoms with Crippen molar-refractivity contribution in [3.05, 3.63) is 81.9 Å². The van der Waals surface area contributed by atoms with Crippen LogP contribution in [-0.2, 0) is 46.8 Å². The van der Waals surface area contributed by atoms with Gasteiger partial charge in [-0.15, -0.1) is 10.2 Å². The first-order chi connectivity index (χ1) is 25.3. The molecule has 1 spiro atoms. The van der Waals surface area contributed by atoms with Crippen molar-refractivity contribution in [3.63, 3.8) is 0 Å². The molecule has 13 nitrogen and oxygen atoms in total. The first-order valence-corrected chi connectivity index (χ1v) is 19.8. The summed E-state index contributed by atoms with van der Waals surface area (Å²) in [7, 11) is -2.74. The molecule has 290 valence electrons. The van der Waals surface area contributed by atoms with Crippen molar-refractivity contribution in [1.29, 1.82) is 0 Å². The number of benzene rings is 1. The number of hydrogen-bond donors (Lipinski definition) is 0. The van der Waals surface area contributed by atoms with Crippen LogP contribution >= 0.6 is 0 Å². The molecule has 1 saturated heterocycles. The fourth-order valence-corrected chi connectivity index (χ4v) is 9.09. The van der Waals surface area contributed by atoms with Crippen LogP contribution in [0.3, 0.4) is 0 Å². The fourth-order valence-electron chi connectivity index (χ4n) is 7.55. The van der Waals surface area contributed by atoms with Gasteiger partial charge in [-0.3, -0.25) is 14.0 Å². The normalized spacial score (nSPS) is 17.7. The zero-order valence-electron chi connectivity index (χ0n) is 32.7. The summed E-state index contributed by atoms with van der Waals surface area (Å²) in [6.45, 7) is 15.9. The van der Waals surface area contributed by atoms with Crippen molar-refractivity contribution in [2.24, 2.45) is 5.41 Å². The molecule has 0 bridgehead atoms. The molecule has 5 heterocycles. The Kier molecular flexibility index (Phi) is 10.7. The van der Waals surface area contributed by atoms with Gasteiger partial charge in [0.05, 0.1) is 38.7 Å². The second kappa shape index (κ2) is 14.7. The average Bonchev–Trinajstić information content (AvgIpc) is 3.46. The van der Waals surface area contributed by atoms with Gasteiger partial charge in [0.25, 0.3) is 0 Å². The van der Waals surface area contributed by atoms with Crippen LogP contribution in [0.15, 0.2) is 47.5 Å². The van der Waals surface area contributed by atoms with Gasteiger partial charge in [-0.25, -0.2) is 13.4 Å². The van der Waals surface area contributed by atoms with E-state index in [4.69, 9.17) is 18.9 Å². The van der Waals surface area contributed by atoms with Crippen molar-refractivity contribution in [2.75, 3.05) is 26.9 Å². The van der Waals surface area contributed by atoms with E-state index in [1.807, 2.05) is 90.3 Å². The molecule has 0 amide bonds. The molecule has 4 aromatic rings. The van der Waals surface area contributed by atoms with E-state index in [0.717, 1.165) is 33.6 Å². The largest absolute Gasteiger partial charge is 0.469 e. The van der Waals surface area contributed by atoms with E-state index in [-0.39, 0.29) is 48.6 Å². The minimum atomic E-state index is -4.12. The Morgan fingerprint density at radius 2 is 1.72 bits per heavy atom. The summed E-state index contributed by atoms with van der Waals surface area (Å²) in [4.78, 5) is 30.5. The Bertz CT molecular complexity index is 2180. The van der Waals surface area contributed by atoms with Gasteiger partial charge in [-0.05, 0) is 101 Å². The summed E-state index contributed by atoms with van der Waals surface area (Å²) in [6, 6.07) is 11.1. The summed E-state index contributed by atoms with van der Waals surface area (Å²) < 4.78 is 55.7. The van der Waals surface area contributed by atoms with E-state index in [9.17, 15) is 18.0 Å². The zero-order valence-corrected chi connectivity index (χ0v) is 33.5. The number of fused-ring (bicyclic) bond motifs is 2. The summed E-state index contributed by atoms with van der Waals surface area (Å²) >= 11 is 0. The Balaban J connectivity index is 1.39. The van der Waals surface area contributed by atoms with Gasteiger partial charge >= 0.3 is 11.9 Å². The number of nitrogens with zero attached hydrogens (tertiary/aromatic N) is 5. The van der Waals surface area contributed by atoms with Crippen LogP contribution in [0.1, 0.15) is 99.1 Å². The number of aryl methyl sites for hydroxylation is 4. The molecule has 0 aliphatic carbocycles. The number of sulfonamides is 1. The Morgan fingerprint density at radius 3 is 2.41 bits per heavy atom. The fraction of sp³-hybridized carbons (Fsp3) is 0.525. The highest BCUT2D eigenvalue weighted by atomic mass is 32.2. The van der Waals surface area contributed by atoms with Gasteiger partial charge < -0.3 is 18.9 Å². The summed E-state index contributed by atoms with van der Waals surface area (Å²) in [5, 5.41) is 8.67. The van der Waals surface area contributed by atoms with E-state index in [1.54, 1.807) is 6.07 Å². The minimum absolute atomic E-state index is 0.0287. The first-order valence-electron chi connectivity index (χ1n) is 18.3. The number of esters is 2. The van der Waals surface area contributed by atoms with Crippen molar-refractivity contribution in [3.8, 4) is 5.88 Å². The van der Waals surface area contributed by atoms with Crippen molar-refractivity contribution in [2.45, 2.75) is 110 Å². The second-order valence-electron chi connectivity index (χ2n) is 16.0. The predicted molar refractivity (Wildman–Crippen MR) is 201 cm³/mol. The Labute approximate surface area is 317 Å². The molecule has 0 radical (unpaired) electrons. The SMILES string of the molecule is COC(=O)C(C)(C)[C@H](c1ccc(C)c(CN2CC3(CCOCC3)Oc3nc(CCC(=O)OC(C)(C)C)ccc3S2(=O)=O)c1)c1ccn2c(C)nnc2c1C. The number of pyridine rings is 2. The van der Waals surface area contributed by atoms with Crippen molar-refractivity contribution >= 4 is 27.6 Å². The smallest absolute Gasteiger partial charge is 0.312 e. The molecule has 54 heavy (non-hydrogen) atoms. The lowest BCUT2D eigenvalue weighted by Crippen LogP contribution is -2.50. The lowest BCUT2D eigenvalue weighted by atomic mass is 9.70. The van der Waals surface area contributed by atoms with E-state index >= 15 is 0 Å². The Morgan fingerprint density at radius 1 is 1.00 bits per heavy atom. The van der Waals surface area contributed by atoms with E-state index < -0.39 is 32.6 Å². The number of methoxy groups -OCH3 is 1. The molecule has 0 N–H and O–H groups in total. The number of rotatable bonds is 9. The predicted octanol–water partition coefficient (Wildman–Crippen LogP) is 5.79. The third-order valence-electron chi connectivity index (χ3n) is 10.5. The molecule has 1 aromatic carbocycles. The highest BCUT2D eigenvalue weighted by molar-refractivity contribution is 7.89. The van der Waals surface area contributed by atoms with Crippen LogP contribution in [0.25, 0.3) is 5.65 Å². The maximum atomic E-state index is 14.6. The van der Waals surface area contributed by atoms with Crippen LogP contribution < -0.4 is 4.74 Å². The molecule has 2 aliphatic rings. The molecule has 1 fully saturated rings. The molecule has 14 heteroatoms. The van der Waals surface area contributed by atoms with Crippen molar-refractivity contribution < 1.29 is 37.0 Å². The lowest BCUT2D eigenvalue weighted by Gasteiger charge is -2.38. The molecular formula is C40H51N5O8S. The molecule has 0 saturated carbocycles. The maximum Gasteiger partial charge on any atom is 0.312 e. The zero-order chi connectivity index (χ0) is 39.2. The molecule has 2 aliphatic heterocycles. The number of carbonyl (C=O) groups excluding carboxylic acids is 2. The molecule has 3 aromatic heterocycles. The number of hydrogen-bond acceptors (Lipinski definition) is 11. The van der Waals surface area contributed by atoms with Gasteiger partial charge in [0.2, 0.25) is 15.9 Å². The summed E-state index contributed by atoms with van der Waals surface area (Å²) in [5.74, 6) is -0.434. The molecule has 6 rings (SSSR count). The van der Waals surface area contributed by atoms with Gasteiger partial charge in [-0.1, -0.05) is 18.2 Å². The van der Waals surface area contributed by atoms with E-state index in [2.05, 4.69) is 15.2 Å². The van der Waals surface area contributed by atoms with Crippen LogP contribution in [0.4, 0.5) is 0 Å². The van der Waals surface area contributed by atoms with Gasteiger partial charge in [-0.2, -0.15) is 4.31 Å². The van der Waals surface area contributed by atoms with Crippen LogP contribution in [-0.4, -0.2) is 82.3 Å². The topological polar surface area (TPSA) is 152 Å². The van der Waals surface area contributed by atoms with E-state index in [0.29, 0.717) is 37.4 Å². The highest BCUT2D eigenvalue weighted by Crippen LogP contribution is 2.45. The quantitative estimate of drug-likeness (QED) is 0.191. The van der Waals surface area contributed by atoms with Crippen LogP contribution in [0.5, 0.6) is 5.88 Å². The third kappa shape index (κ3) is 7.74. The average molecular weight is 762 g/mol. The maximum absolute atomic E-state index is 14.6. The molecule has 1 atom stereocenters. The van der Waals surface area contributed by atoms with E-state index in [1.165, 1.54) is 17.5 Å². The Hall–Kier alpha value is -4.40. The van der Waals surface area contributed by atoms with Crippen LogP contribution in [0.2, 0.25) is 0 Å². The van der Waals surface area contributed by atoms with Gasteiger partial charge in [0.15, 0.2) is 5.65 Å². The second-order valence-corrected chi connectivity index (χ2v) is 17.9. The number of aromatic nitrogens is 4. The van der Waals surface area contributed by atoms with Crippen molar-refractivity contribution in [1.82, 2.24) is 23.9 Å². The highest BCUT2D eigenvalue weighted by Gasteiger charge is 2.46. The van der Waals surface area contributed by atoms with Gasteiger partial charge in [0.1, 0.15) is 21.9 Å². The molecular weight excluding hydrogens is 711 g/mol. The summed E-state index contributed by atoms with van der Waals surface area (Å²) in [5.41, 5.74) is 2.99. The summed E-state index contributed by atoms with van der Waals surface area (Å²) in [6.07, 6.45) is 3.22. The number of ether oxygens (including phenoxy) is 4. The van der Waals surface area contributed by atoms with Gasteiger partial charge in [0, 0.05) is 43.6 Å².